The Bertz CT molecular complexity index is 493. The van der Waals surface area contributed by atoms with Gasteiger partial charge in [-0.25, -0.2) is 4.79 Å². The third-order valence-corrected chi connectivity index (χ3v) is 4.43. The molecular formula is C18H29N3O2. The maximum Gasteiger partial charge on any atom is 0.319 e. The standard InChI is InChI=1S/C18H29N3O2/c1-15(2)16-5-7-17(8-6-16)20-9-11-21(12-10-20)18(22)19(3)13-14-23-4/h5-8,15H,9-14H2,1-4H3. The lowest BCUT2D eigenvalue weighted by molar-refractivity contribution is 0.134. The van der Waals surface area contributed by atoms with Crippen LogP contribution >= 0.6 is 0 Å². The number of likely N-dealkylation sites (N-methyl/N-ethyl adjacent to an activating group) is 1. The predicted molar refractivity (Wildman–Crippen MR) is 94.2 cm³/mol. The average Bonchev–Trinajstić information content (AvgIpc) is 2.59. The first-order valence-electron chi connectivity index (χ1n) is 8.36. The molecule has 2 amide bonds. The van der Waals surface area contributed by atoms with Crippen molar-refractivity contribution in [3.63, 3.8) is 0 Å². The summed E-state index contributed by atoms with van der Waals surface area (Å²) in [5, 5.41) is 0. The number of hydrogen-bond donors (Lipinski definition) is 0. The van der Waals surface area contributed by atoms with E-state index in [9.17, 15) is 4.79 Å². The number of amides is 2. The summed E-state index contributed by atoms with van der Waals surface area (Å²) >= 11 is 0. The zero-order valence-corrected chi connectivity index (χ0v) is 14.8. The van der Waals surface area contributed by atoms with Gasteiger partial charge in [0.2, 0.25) is 0 Å². The highest BCUT2D eigenvalue weighted by atomic mass is 16.5. The summed E-state index contributed by atoms with van der Waals surface area (Å²) < 4.78 is 5.03. The first-order chi connectivity index (χ1) is 11.0. The number of benzene rings is 1. The number of rotatable bonds is 5. The Morgan fingerprint density at radius 1 is 1.17 bits per heavy atom. The summed E-state index contributed by atoms with van der Waals surface area (Å²) in [6.45, 7) is 8.91. The van der Waals surface area contributed by atoms with E-state index in [1.54, 1.807) is 12.0 Å². The number of ether oxygens (including phenoxy) is 1. The highest BCUT2D eigenvalue weighted by Crippen LogP contribution is 2.21. The van der Waals surface area contributed by atoms with Gasteiger partial charge in [-0.2, -0.15) is 0 Å². The fourth-order valence-electron chi connectivity index (χ4n) is 2.79. The molecule has 5 heteroatoms. The van der Waals surface area contributed by atoms with Gasteiger partial charge in [0.1, 0.15) is 0 Å². The molecule has 0 spiro atoms. The number of hydrogen-bond acceptors (Lipinski definition) is 3. The lowest BCUT2D eigenvalue weighted by Crippen LogP contribution is -2.52. The fourth-order valence-corrected chi connectivity index (χ4v) is 2.79. The van der Waals surface area contributed by atoms with Gasteiger partial charge in [-0.15, -0.1) is 0 Å². The molecule has 0 radical (unpaired) electrons. The second-order valence-corrected chi connectivity index (χ2v) is 6.42. The van der Waals surface area contributed by atoms with E-state index in [1.165, 1.54) is 11.3 Å². The molecule has 128 valence electrons. The van der Waals surface area contributed by atoms with Gasteiger partial charge in [0.15, 0.2) is 0 Å². The van der Waals surface area contributed by atoms with Crippen molar-refractivity contribution in [2.45, 2.75) is 19.8 Å². The molecule has 1 aliphatic heterocycles. The maximum atomic E-state index is 12.3. The molecule has 1 saturated heterocycles. The molecule has 5 nitrogen and oxygen atoms in total. The van der Waals surface area contributed by atoms with Crippen LogP contribution in [0.4, 0.5) is 10.5 Å². The minimum atomic E-state index is 0.0943. The minimum Gasteiger partial charge on any atom is -0.383 e. The van der Waals surface area contributed by atoms with Crippen molar-refractivity contribution in [3.8, 4) is 0 Å². The molecule has 0 bridgehead atoms. The number of anilines is 1. The van der Waals surface area contributed by atoms with Crippen LogP contribution in [0, 0.1) is 0 Å². The van der Waals surface area contributed by atoms with Crippen LogP contribution < -0.4 is 4.90 Å². The van der Waals surface area contributed by atoms with Crippen LogP contribution in [-0.2, 0) is 4.74 Å². The lowest BCUT2D eigenvalue weighted by atomic mass is 10.0. The molecule has 23 heavy (non-hydrogen) atoms. The van der Waals surface area contributed by atoms with Crippen molar-refractivity contribution >= 4 is 11.7 Å². The smallest absolute Gasteiger partial charge is 0.319 e. The molecular weight excluding hydrogens is 290 g/mol. The van der Waals surface area contributed by atoms with E-state index >= 15 is 0 Å². The van der Waals surface area contributed by atoms with E-state index in [0.29, 0.717) is 19.1 Å². The first-order valence-corrected chi connectivity index (χ1v) is 8.36. The van der Waals surface area contributed by atoms with E-state index in [2.05, 4.69) is 43.0 Å². The molecule has 2 rings (SSSR count). The zero-order chi connectivity index (χ0) is 16.8. The number of urea groups is 1. The Morgan fingerprint density at radius 2 is 1.78 bits per heavy atom. The normalized spacial score (nSPS) is 15.2. The highest BCUT2D eigenvalue weighted by Gasteiger charge is 2.23. The lowest BCUT2D eigenvalue weighted by Gasteiger charge is -2.37. The number of carbonyl (C=O) groups is 1. The predicted octanol–water partition coefficient (Wildman–Crippen LogP) is 2.63. The summed E-state index contributed by atoms with van der Waals surface area (Å²) in [5.41, 5.74) is 2.61. The maximum absolute atomic E-state index is 12.3. The van der Waals surface area contributed by atoms with Gasteiger partial charge < -0.3 is 19.4 Å². The summed E-state index contributed by atoms with van der Waals surface area (Å²) in [6, 6.07) is 8.89. The fraction of sp³-hybridized carbons (Fsp3) is 0.611. The van der Waals surface area contributed by atoms with Crippen LogP contribution in [0.15, 0.2) is 24.3 Å². The molecule has 0 unspecified atom stereocenters. The molecule has 1 aliphatic rings. The summed E-state index contributed by atoms with van der Waals surface area (Å²) in [7, 11) is 3.49. The molecule has 1 heterocycles. The highest BCUT2D eigenvalue weighted by molar-refractivity contribution is 5.74. The quantitative estimate of drug-likeness (QED) is 0.837. The third-order valence-electron chi connectivity index (χ3n) is 4.43. The van der Waals surface area contributed by atoms with Crippen LogP contribution in [0.5, 0.6) is 0 Å². The van der Waals surface area contributed by atoms with Crippen LogP contribution in [0.25, 0.3) is 0 Å². The molecule has 0 saturated carbocycles. The van der Waals surface area contributed by atoms with Gasteiger partial charge in [0, 0.05) is 52.6 Å². The van der Waals surface area contributed by atoms with Crippen molar-refractivity contribution in [2.24, 2.45) is 0 Å². The van der Waals surface area contributed by atoms with Gasteiger partial charge in [0.05, 0.1) is 6.61 Å². The van der Waals surface area contributed by atoms with Crippen molar-refractivity contribution in [3.05, 3.63) is 29.8 Å². The van der Waals surface area contributed by atoms with Crippen molar-refractivity contribution in [1.82, 2.24) is 9.80 Å². The van der Waals surface area contributed by atoms with Crippen LogP contribution in [-0.4, -0.2) is 69.3 Å². The molecule has 0 atom stereocenters. The zero-order valence-electron chi connectivity index (χ0n) is 14.8. The first kappa shape index (κ1) is 17.6. The van der Waals surface area contributed by atoms with E-state index < -0.39 is 0 Å². The number of nitrogens with zero attached hydrogens (tertiary/aromatic N) is 3. The Morgan fingerprint density at radius 3 is 2.30 bits per heavy atom. The van der Waals surface area contributed by atoms with Gasteiger partial charge >= 0.3 is 6.03 Å². The summed E-state index contributed by atoms with van der Waals surface area (Å²) in [4.78, 5) is 18.4. The Hall–Kier alpha value is -1.75. The van der Waals surface area contributed by atoms with E-state index in [1.807, 2.05) is 11.9 Å². The van der Waals surface area contributed by atoms with E-state index in [-0.39, 0.29) is 6.03 Å². The molecule has 1 fully saturated rings. The SMILES string of the molecule is COCCN(C)C(=O)N1CCN(c2ccc(C(C)C)cc2)CC1. The van der Waals surface area contributed by atoms with Crippen molar-refractivity contribution in [1.29, 1.82) is 0 Å². The second-order valence-electron chi connectivity index (χ2n) is 6.42. The van der Waals surface area contributed by atoms with Gasteiger partial charge in [-0.3, -0.25) is 0 Å². The van der Waals surface area contributed by atoms with Gasteiger partial charge in [0.25, 0.3) is 0 Å². The number of carbonyl (C=O) groups excluding carboxylic acids is 1. The monoisotopic (exact) mass is 319 g/mol. The van der Waals surface area contributed by atoms with Crippen molar-refractivity contribution in [2.75, 3.05) is 58.4 Å². The average molecular weight is 319 g/mol. The number of methoxy groups -OCH3 is 1. The van der Waals surface area contributed by atoms with Crippen LogP contribution in [0.3, 0.4) is 0 Å². The second kappa shape index (κ2) is 8.20. The Labute approximate surface area is 139 Å². The molecule has 0 N–H and O–H groups in total. The topological polar surface area (TPSA) is 36.0 Å². The van der Waals surface area contributed by atoms with Crippen LogP contribution in [0.1, 0.15) is 25.3 Å². The molecule has 1 aromatic carbocycles. The van der Waals surface area contributed by atoms with E-state index in [0.717, 1.165) is 26.2 Å². The minimum absolute atomic E-state index is 0.0943. The third kappa shape index (κ3) is 4.61. The molecule has 0 aliphatic carbocycles. The Balaban J connectivity index is 1.87. The summed E-state index contributed by atoms with van der Waals surface area (Å²) in [5.74, 6) is 0.557. The van der Waals surface area contributed by atoms with Crippen molar-refractivity contribution < 1.29 is 9.53 Å². The van der Waals surface area contributed by atoms with E-state index in [4.69, 9.17) is 4.74 Å². The Kier molecular flexibility index (Phi) is 6.28. The largest absolute Gasteiger partial charge is 0.383 e. The van der Waals surface area contributed by atoms with Crippen LogP contribution in [0.2, 0.25) is 0 Å². The van der Waals surface area contributed by atoms with Gasteiger partial charge in [-0.1, -0.05) is 26.0 Å². The number of piperazine rings is 1. The summed E-state index contributed by atoms with van der Waals surface area (Å²) in [6.07, 6.45) is 0. The molecule has 0 aromatic heterocycles. The molecule has 1 aromatic rings. The van der Waals surface area contributed by atoms with Gasteiger partial charge in [-0.05, 0) is 23.6 Å².